The quantitative estimate of drug-likeness (QED) is 0.273. The molecular formula is C12H4Br2F5N3O2. The molecule has 2 rings (SSSR count). The molecular weight excluding hydrogens is 473 g/mol. The molecule has 0 saturated carbocycles. The second-order valence-corrected chi connectivity index (χ2v) is 5.81. The van der Waals surface area contributed by atoms with Gasteiger partial charge >= 0.3 is 6.18 Å². The van der Waals surface area contributed by atoms with E-state index in [9.17, 15) is 32.1 Å². The zero-order chi connectivity index (χ0) is 18.2. The molecule has 2 aromatic rings. The van der Waals surface area contributed by atoms with Crippen molar-refractivity contribution in [3.63, 3.8) is 0 Å². The molecule has 0 radical (unpaired) electrons. The number of aromatic nitrogens is 1. The lowest BCUT2D eigenvalue weighted by molar-refractivity contribution is -0.385. The van der Waals surface area contributed by atoms with Gasteiger partial charge in [0.15, 0.2) is 11.6 Å². The van der Waals surface area contributed by atoms with Crippen LogP contribution in [0.1, 0.15) is 5.56 Å². The lowest BCUT2D eigenvalue weighted by Crippen LogP contribution is -2.11. The maximum absolute atomic E-state index is 13.9. The second kappa shape index (κ2) is 6.59. The molecule has 0 spiro atoms. The van der Waals surface area contributed by atoms with Crippen LogP contribution in [0.5, 0.6) is 0 Å². The number of pyridine rings is 1. The predicted molar refractivity (Wildman–Crippen MR) is 80.9 cm³/mol. The normalized spacial score (nSPS) is 11.5. The monoisotopic (exact) mass is 475 g/mol. The average Bonchev–Trinajstić information content (AvgIpc) is 2.48. The molecule has 0 saturated heterocycles. The van der Waals surface area contributed by atoms with Crippen LogP contribution < -0.4 is 5.32 Å². The number of anilines is 2. The van der Waals surface area contributed by atoms with Crippen LogP contribution in [0, 0.1) is 21.7 Å². The number of alkyl halides is 3. The number of rotatable bonds is 3. The molecule has 1 heterocycles. The molecule has 1 N–H and O–H groups in total. The lowest BCUT2D eigenvalue weighted by Gasteiger charge is -2.16. The molecule has 0 amide bonds. The fraction of sp³-hybridized carbons (Fsp3) is 0.0833. The van der Waals surface area contributed by atoms with Crippen LogP contribution in [0.25, 0.3) is 0 Å². The number of hydrogen-bond donors (Lipinski definition) is 1. The number of non-ortho nitro benzene ring substituents is 1. The lowest BCUT2D eigenvalue weighted by atomic mass is 10.1. The van der Waals surface area contributed by atoms with Crippen LogP contribution in [0.15, 0.2) is 27.4 Å². The van der Waals surface area contributed by atoms with Crippen molar-refractivity contribution in [2.75, 3.05) is 5.32 Å². The summed E-state index contributed by atoms with van der Waals surface area (Å²) in [4.78, 5) is 13.0. The Morgan fingerprint density at radius 3 is 2.12 bits per heavy atom. The van der Waals surface area contributed by atoms with E-state index in [1.807, 2.05) is 5.32 Å². The zero-order valence-corrected chi connectivity index (χ0v) is 14.3. The van der Waals surface area contributed by atoms with E-state index in [1.54, 1.807) is 0 Å². The molecule has 0 aliphatic carbocycles. The first kappa shape index (κ1) is 18.5. The third-order valence-electron chi connectivity index (χ3n) is 2.78. The van der Waals surface area contributed by atoms with Gasteiger partial charge in [-0.15, -0.1) is 0 Å². The standard InChI is InChI=1S/C12H4Br2F5N3O2/c13-10-7(15)9(8(16)11(14)21-10)20-6-2-1-4(22(23)24)3-5(6)12(17,18)19/h1-3H,(H,20,21). The maximum atomic E-state index is 13.9. The second-order valence-electron chi connectivity index (χ2n) is 4.31. The first-order valence-corrected chi connectivity index (χ1v) is 7.43. The van der Waals surface area contributed by atoms with Gasteiger partial charge in [0.1, 0.15) is 14.9 Å². The van der Waals surface area contributed by atoms with Crippen molar-refractivity contribution >= 4 is 48.9 Å². The summed E-state index contributed by atoms with van der Waals surface area (Å²) in [5, 5.41) is 12.6. The Kier molecular flexibility index (Phi) is 5.08. The van der Waals surface area contributed by atoms with E-state index in [4.69, 9.17) is 0 Å². The molecule has 1 aromatic carbocycles. The van der Waals surface area contributed by atoms with E-state index < -0.39 is 54.6 Å². The number of benzene rings is 1. The van der Waals surface area contributed by atoms with Gasteiger partial charge in [0, 0.05) is 12.1 Å². The van der Waals surface area contributed by atoms with E-state index in [0.29, 0.717) is 6.07 Å². The number of nitrogens with zero attached hydrogens (tertiary/aromatic N) is 2. The highest BCUT2D eigenvalue weighted by Gasteiger charge is 2.36. The van der Waals surface area contributed by atoms with E-state index in [2.05, 4.69) is 36.8 Å². The Hall–Kier alpha value is -1.82. The van der Waals surface area contributed by atoms with Crippen LogP contribution >= 0.6 is 31.9 Å². The fourth-order valence-corrected chi connectivity index (χ4v) is 2.71. The Balaban J connectivity index is 2.61. The van der Waals surface area contributed by atoms with Crippen LogP contribution in [0.3, 0.4) is 0 Å². The molecule has 0 bridgehead atoms. The van der Waals surface area contributed by atoms with Gasteiger partial charge in [-0.25, -0.2) is 13.8 Å². The molecule has 12 heteroatoms. The molecule has 0 atom stereocenters. The van der Waals surface area contributed by atoms with E-state index in [1.165, 1.54) is 0 Å². The number of nitrogens with one attached hydrogen (secondary N) is 1. The van der Waals surface area contributed by atoms with Gasteiger partial charge in [-0.1, -0.05) is 0 Å². The predicted octanol–water partition coefficient (Wildman–Crippen LogP) is 5.56. The fourth-order valence-electron chi connectivity index (χ4n) is 1.72. The van der Waals surface area contributed by atoms with E-state index in [-0.39, 0.29) is 6.07 Å². The van der Waals surface area contributed by atoms with Gasteiger partial charge in [0.2, 0.25) is 0 Å². The van der Waals surface area contributed by atoms with Crippen LogP contribution in [0.4, 0.5) is 39.0 Å². The molecule has 5 nitrogen and oxygen atoms in total. The molecule has 0 unspecified atom stereocenters. The SMILES string of the molecule is O=[N+]([O-])c1ccc(Nc2c(F)c(Br)nc(Br)c2F)c(C(F)(F)F)c1. The summed E-state index contributed by atoms with van der Waals surface area (Å²) in [6.07, 6.45) is -4.98. The molecule has 0 aliphatic rings. The average molecular weight is 477 g/mol. The Labute approximate surface area is 147 Å². The van der Waals surface area contributed by atoms with Crippen LogP contribution in [0.2, 0.25) is 0 Å². The van der Waals surface area contributed by atoms with E-state index >= 15 is 0 Å². The highest BCUT2D eigenvalue weighted by Crippen LogP contribution is 2.40. The summed E-state index contributed by atoms with van der Waals surface area (Å²) in [5.41, 5.74) is -3.91. The van der Waals surface area contributed by atoms with Crippen molar-refractivity contribution in [3.8, 4) is 0 Å². The number of halogens is 7. The third kappa shape index (κ3) is 3.64. The zero-order valence-electron chi connectivity index (χ0n) is 11.1. The summed E-state index contributed by atoms with van der Waals surface area (Å²) >= 11 is 5.40. The minimum atomic E-state index is -4.98. The Morgan fingerprint density at radius 2 is 1.67 bits per heavy atom. The van der Waals surface area contributed by atoms with Crippen LogP contribution in [-0.4, -0.2) is 9.91 Å². The van der Waals surface area contributed by atoms with Crippen molar-refractivity contribution in [1.29, 1.82) is 0 Å². The number of hydrogen-bond acceptors (Lipinski definition) is 4. The van der Waals surface area contributed by atoms with Crippen molar-refractivity contribution in [2.45, 2.75) is 6.18 Å². The van der Waals surface area contributed by atoms with Crippen molar-refractivity contribution in [3.05, 3.63) is 54.7 Å². The summed E-state index contributed by atoms with van der Waals surface area (Å²) in [5.74, 6) is -2.52. The number of nitro groups is 1. The first-order valence-electron chi connectivity index (χ1n) is 5.85. The first-order chi connectivity index (χ1) is 11.0. The molecule has 24 heavy (non-hydrogen) atoms. The number of nitro benzene ring substituents is 1. The Bertz CT molecular complexity index is 803. The topological polar surface area (TPSA) is 68.1 Å². The largest absolute Gasteiger partial charge is 0.418 e. The maximum Gasteiger partial charge on any atom is 0.418 e. The molecule has 0 fully saturated rings. The molecule has 1 aromatic heterocycles. The van der Waals surface area contributed by atoms with E-state index in [0.717, 1.165) is 6.07 Å². The third-order valence-corrected chi connectivity index (χ3v) is 3.83. The molecule has 0 aliphatic heterocycles. The van der Waals surface area contributed by atoms with Gasteiger partial charge < -0.3 is 5.32 Å². The summed E-state index contributed by atoms with van der Waals surface area (Å²) < 4.78 is 66.2. The minimum absolute atomic E-state index is 0.267. The summed E-state index contributed by atoms with van der Waals surface area (Å²) in [6, 6.07) is 1.75. The van der Waals surface area contributed by atoms with Gasteiger partial charge in [-0.05, 0) is 37.9 Å². The summed E-state index contributed by atoms with van der Waals surface area (Å²) in [7, 11) is 0. The molecule has 128 valence electrons. The van der Waals surface area contributed by atoms with Gasteiger partial charge in [0.05, 0.1) is 16.2 Å². The summed E-state index contributed by atoms with van der Waals surface area (Å²) in [6.45, 7) is 0. The highest BCUT2D eigenvalue weighted by molar-refractivity contribution is 9.11. The van der Waals surface area contributed by atoms with Gasteiger partial charge in [-0.2, -0.15) is 13.2 Å². The van der Waals surface area contributed by atoms with Crippen LogP contribution in [-0.2, 0) is 6.18 Å². The van der Waals surface area contributed by atoms with Crippen molar-refractivity contribution in [1.82, 2.24) is 4.98 Å². The highest BCUT2D eigenvalue weighted by atomic mass is 79.9. The Morgan fingerprint density at radius 1 is 1.12 bits per heavy atom. The van der Waals surface area contributed by atoms with Crippen molar-refractivity contribution < 1.29 is 26.9 Å². The van der Waals surface area contributed by atoms with Gasteiger partial charge in [-0.3, -0.25) is 10.1 Å². The van der Waals surface area contributed by atoms with Gasteiger partial charge in [0.25, 0.3) is 5.69 Å². The van der Waals surface area contributed by atoms with Crippen molar-refractivity contribution in [2.24, 2.45) is 0 Å². The smallest absolute Gasteiger partial charge is 0.350 e. The minimum Gasteiger partial charge on any atom is -0.350 e.